The summed E-state index contributed by atoms with van der Waals surface area (Å²) in [6.45, 7) is 4.15. The quantitative estimate of drug-likeness (QED) is 0.638. The van der Waals surface area contributed by atoms with Crippen LogP contribution in [0.5, 0.6) is 5.75 Å². The SMILES string of the molecule is COc1ccc(N2CCN(CC(=O)N3CCNC(=O)[C@H]3CC(=O)Nc3ccccc3)CC2)cc1. The van der Waals surface area contributed by atoms with Gasteiger partial charge in [0.2, 0.25) is 17.7 Å². The maximum atomic E-state index is 13.1. The van der Waals surface area contributed by atoms with Crippen LogP contribution in [0.3, 0.4) is 0 Å². The van der Waals surface area contributed by atoms with E-state index in [0.717, 1.165) is 37.6 Å². The number of hydrogen-bond donors (Lipinski definition) is 2. The Kier molecular flexibility index (Phi) is 7.64. The van der Waals surface area contributed by atoms with Crippen molar-refractivity contribution in [2.45, 2.75) is 12.5 Å². The molecule has 2 N–H and O–H groups in total. The number of nitrogens with one attached hydrogen (secondary N) is 2. The molecule has 0 saturated carbocycles. The molecule has 180 valence electrons. The first kappa shape index (κ1) is 23.6. The van der Waals surface area contributed by atoms with Gasteiger partial charge in [0.1, 0.15) is 11.8 Å². The van der Waals surface area contributed by atoms with Crippen LogP contribution in [-0.4, -0.2) is 86.5 Å². The Morgan fingerprint density at radius 2 is 1.71 bits per heavy atom. The molecular formula is C25H31N5O4. The average molecular weight is 466 g/mol. The first-order valence-electron chi connectivity index (χ1n) is 11.6. The van der Waals surface area contributed by atoms with Crippen LogP contribution in [0.1, 0.15) is 6.42 Å². The lowest BCUT2D eigenvalue weighted by Gasteiger charge is -2.39. The number of para-hydroxylation sites is 1. The highest BCUT2D eigenvalue weighted by Crippen LogP contribution is 2.21. The molecule has 0 bridgehead atoms. The number of carbonyl (C=O) groups is 3. The summed E-state index contributed by atoms with van der Waals surface area (Å²) in [4.78, 5) is 44.1. The normalized spacial score (nSPS) is 18.9. The number of hydrogen-bond acceptors (Lipinski definition) is 6. The molecule has 2 aromatic carbocycles. The summed E-state index contributed by atoms with van der Waals surface area (Å²) in [5.74, 6) is 0.127. The summed E-state index contributed by atoms with van der Waals surface area (Å²) in [7, 11) is 1.65. The Labute approximate surface area is 199 Å². The van der Waals surface area contributed by atoms with Crippen LogP contribution in [0.25, 0.3) is 0 Å². The van der Waals surface area contributed by atoms with Gasteiger partial charge in [-0.25, -0.2) is 0 Å². The zero-order valence-electron chi connectivity index (χ0n) is 19.4. The Morgan fingerprint density at radius 1 is 1.00 bits per heavy atom. The Hall–Kier alpha value is -3.59. The lowest BCUT2D eigenvalue weighted by Crippen LogP contribution is -2.60. The minimum absolute atomic E-state index is 0.0717. The molecule has 0 aliphatic carbocycles. The summed E-state index contributed by atoms with van der Waals surface area (Å²) < 4.78 is 5.22. The fourth-order valence-electron chi connectivity index (χ4n) is 4.36. The average Bonchev–Trinajstić information content (AvgIpc) is 2.86. The second-order valence-corrected chi connectivity index (χ2v) is 8.47. The maximum absolute atomic E-state index is 13.1. The number of carbonyl (C=O) groups excluding carboxylic acids is 3. The van der Waals surface area contributed by atoms with Crippen molar-refractivity contribution in [1.82, 2.24) is 15.1 Å². The smallest absolute Gasteiger partial charge is 0.243 e. The number of benzene rings is 2. The van der Waals surface area contributed by atoms with E-state index in [9.17, 15) is 14.4 Å². The highest BCUT2D eigenvalue weighted by molar-refractivity contribution is 5.97. The fourth-order valence-corrected chi connectivity index (χ4v) is 4.36. The standard InChI is InChI=1S/C25H31N5O4/c1-34-21-9-7-20(8-10-21)29-15-13-28(14-16-29)18-24(32)30-12-11-26-25(33)22(30)17-23(31)27-19-5-3-2-4-6-19/h2-10,22H,11-18H2,1H3,(H,26,33)(H,27,31)/t22-/m1/s1. The first-order valence-corrected chi connectivity index (χ1v) is 11.6. The zero-order chi connectivity index (χ0) is 23.9. The van der Waals surface area contributed by atoms with Gasteiger partial charge in [-0.3, -0.25) is 19.3 Å². The summed E-state index contributed by atoms with van der Waals surface area (Å²) in [6, 6.07) is 16.3. The van der Waals surface area contributed by atoms with Crippen LogP contribution in [0.2, 0.25) is 0 Å². The van der Waals surface area contributed by atoms with E-state index in [1.54, 1.807) is 24.1 Å². The lowest BCUT2D eigenvalue weighted by molar-refractivity contribution is -0.145. The largest absolute Gasteiger partial charge is 0.497 e. The van der Waals surface area contributed by atoms with E-state index in [-0.39, 0.29) is 30.7 Å². The van der Waals surface area contributed by atoms with E-state index in [0.29, 0.717) is 18.8 Å². The van der Waals surface area contributed by atoms with E-state index < -0.39 is 6.04 Å². The summed E-state index contributed by atoms with van der Waals surface area (Å²) in [6.07, 6.45) is -0.0717. The Bertz CT molecular complexity index is 990. The first-order chi connectivity index (χ1) is 16.5. The third-order valence-electron chi connectivity index (χ3n) is 6.26. The summed E-state index contributed by atoms with van der Waals surface area (Å²) >= 11 is 0. The minimum Gasteiger partial charge on any atom is -0.497 e. The zero-order valence-corrected chi connectivity index (χ0v) is 19.4. The van der Waals surface area contributed by atoms with Gasteiger partial charge < -0.3 is 25.2 Å². The van der Waals surface area contributed by atoms with Gasteiger partial charge in [-0.1, -0.05) is 18.2 Å². The number of rotatable bonds is 7. The van der Waals surface area contributed by atoms with Crippen molar-refractivity contribution in [3.05, 3.63) is 54.6 Å². The highest BCUT2D eigenvalue weighted by Gasteiger charge is 2.35. The molecule has 2 heterocycles. The molecule has 9 heteroatoms. The van der Waals surface area contributed by atoms with Gasteiger partial charge in [0.05, 0.1) is 20.1 Å². The van der Waals surface area contributed by atoms with Crippen molar-refractivity contribution in [1.29, 1.82) is 0 Å². The number of piperazine rings is 2. The van der Waals surface area contributed by atoms with Gasteiger partial charge in [-0.05, 0) is 36.4 Å². The maximum Gasteiger partial charge on any atom is 0.243 e. The lowest BCUT2D eigenvalue weighted by atomic mass is 10.1. The summed E-state index contributed by atoms with van der Waals surface area (Å²) in [5.41, 5.74) is 1.79. The second-order valence-electron chi connectivity index (χ2n) is 8.47. The molecule has 0 spiro atoms. The molecule has 9 nitrogen and oxygen atoms in total. The molecule has 2 aromatic rings. The van der Waals surface area contributed by atoms with E-state index in [1.807, 2.05) is 42.5 Å². The molecule has 0 aromatic heterocycles. The van der Waals surface area contributed by atoms with E-state index in [2.05, 4.69) is 20.4 Å². The summed E-state index contributed by atoms with van der Waals surface area (Å²) in [5, 5.41) is 5.58. The third kappa shape index (κ3) is 5.85. The predicted octanol–water partition coefficient (Wildman–Crippen LogP) is 1.17. The molecular weight excluding hydrogens is 434 g/mol. The van der Waals surface area contributed by atoms with E-state index in [4.69, 9.17) is 4.74 Å². The van der Waals surface area contributed by atoms with Crippen LogP contribution < -0.4 is 20.3 Å². The molecule has 2 fully saturated rings. The van der Waals surface area contributed by atoms with Crippen molar-refractivity contribution in [2.75, 3.05) is 63.1 Å². The molecule has 2 aliphatic rings. The molecule has 2 saturated heterocycles. The van der Waals surface area contributed by atoms with Gasteiger partial charge in [-0.2, -0.15) is 0 Å². The number of amides is 3. The third-order valence-corrected chi connectivity index (χ3v) is 6.26. The van der Waals surface area contributed by atoms with Gasteiger partial charge in [0.25, 0.3) is 0 Å². The van der Waals surface area contributed by atoms with Crippen LogP contribution in [0.4, 0.5) is 11.4 Å². The van der Waals surface area contributed by atoms with Crippen molar-refractivity contribution < 1.29 is 19.1 Å². The minimum atomic E-state index is -0.800. The number of methoxy groups -OCH3 is 1. The predicted molar refractivity (Wildman–Crippen MR) is 130 cm³/mol. The van der Waals surface area contributed by atoms with Crippen molar-refractivity contribution >= 4 is 29.1 Å². The van der Waals surface area contributed by atoms with Crippen LogP contribution in [-0.2, 0) is 14.4 Å². The van der Waals surface area contributed by atoms with Crippen molar-refractivity contribution in [3.63, 3.8) is 0 Å². The molecule has 4 rings (SSSR count). The van der Waals surface area contributed by atoms with Gasteiger partial charge in [-0.15, -0.1) is 0 Å². The fraction of sp³-hybridized carbons (Fsp3) is 0.400. The molecule has 3 amide bonds. The number of nitrogens with zero attached hydrogens (tertiary/aromatic N) is 3. The number of ether oxygens (including phenoxy) is 1. The van der Waals surface area contributed by atoms with Crippen LogP contribution in [0, 0.1) is 0 Å². The molecule has 2 aliphatic heterocycles. The van der Waals surface area contributed by atoms with Gasteiger partial charge in [0, 0.05) is 50.6 Å². The topological polar surface area (TPSA) is 94.2 Å². The highest BCUT2D eigenvalue weighted by atomic mass is 16.5. The molecule has 1 atom stereocenters. The second kappa shape index (κ2) is 11.0. The Morgan fingerprint density at radius 3 is 2.38 bits per heavy atom. The molecule has 34 heavy (non-hydrogen) atoms. The molecule has 0 radical (unpaired) electrons. The van der Waals surface area contributed by atoms with Gasteiger partial charge >= 0.3 is 0 Å². The van der Waals surface area contributed by atoms with Crippen LogP contribution >= 0.6 is 0 Å². The van der Waals surface area contributed by atoms with Crippen LogP contribution in [0.15, 0.2) is 54.6 Å². The number of anilines is 2. The Balaban J connectivity index is 1.31. The van der Waals surface area contributed by atoms with E-state index in [1.165, 1.54) is 0 Å². The van der Waals surface area contributed by atoms with E-state index >= 15 is 0 Å². The van der Waals surface area contributed by atoms with Crippen molar-refractivity contribution in [2.24, 2.45) is 0 Å². The van der Waals surface area contributed by atoms with Crippen molar-refractivity contribution in [3.8, 4) is 5.75 Å². The van der Waals surface area contributed by atoms with Gasteiger partial charge in [0.15, 0.2) is 0 Å². The molecule has 0 unspecified atom stereocenters. The monoisotopic (exact) mass is 465 g/mol.